The van der Waals surface area contributed by atoms with E-state index in [1.165, 1.54) is 0 Å². The number of hydrogen-bond donors (Lipinski definition) is 5. The summed E-state index contributed by atoms with van der Waals surface area (Å²) in [6.45, 7) is 1.56. The molecule has 1 spiro atoms. The van der Waals surface area contributed by atoms with Gasteiger partial charge >= 0.3 is 5.97 Å². The molecule has 1 radical (unpaired) electrons. The summed E-state index contributed by atoms with van der Waals surface area (Å²) in [5.41, 5.74) is 11.2. The van der Waals surface area contributed by atoms with Crippen molar-refractivity contribution >= 4 is 13.5 Å². The fourth-order valence-electron chi connectivity index (χ4n) is 3.44. The monoisotopic (exact) mass is 254 g/mol. The highest BCUT2D eigenvalue weighted by molar-refractivity contribution is 6.25. The molecule has 1 heterocycles. The van der Waals surface area contributed by atoms with E-state index >= 15 is 0 Å². The third-order valence-corrected chi connectivity index (χ3v) is 4.41. The van der Waals surface area contributed by atoms with Gasteiger partial charge in [-0.05, 0) is 25.2 Å². The molecule has 0 aromatic carbocycles. The highest BCUT2D eigenvalue weighted by atomic mass is 16.4. The van der Waals surface area contributed by atoms with Crippen LogP contribution < -0.4 is 16.6 Å². The van der Waals surface area contributed by atoms with E-state index in [4.69, 9.17) is 10.8 Å². The van der Waals surface area contributed by atoms with Crippen LogP contribution in [0.3, 0.4) is 0 Å². The summed E-state index contributed by atoms with van der Waals surface area (Å²) < 4.78 is 0. The van der Waals surface area contributed by atoms with Crippen molar-refractivity contribution < 1.29 is 14.9 Å². The van der Waals surface area contributed by atoms with Crippen LogP contribution in [-0.4, -0.2) is 42.2 Å². The van der Waals surface area contributed by atoms with Crippen LogP contribution in [0.1, 0.15) is 25.7 Å². The number of carboxylic acids is 1. The molecule has 1 aliphatic heterocycles. The van der Waals surface area contributed by atoms with E-state index in [2.05, 4.69) is 10.9 Å². The molecule has 2 atom stereocenters. The summed E-state index contributed by atoms with van der Waals surface area (Å²) in [6, 6.07) is 0. The topological polar surface area (TPSA) is 108 Å². The molecule has 7 heteroatoms. The first kappa shape index (κ1) is 13.8. The van der Waals surface area contributed by atoms with Crippen LogP contribution >= 0.6 is 0 Å². The first-order chi connectivity index (χ1) is 8.52. The number of hydrogen-bond acceptors (Lipinski definition) is 5. The molecule has 1 saturated carbocycles. The molecule has 2 rings (SSSR count). The van der Waals surface area contributed by atoms with E-state index in [-0.39, 0.29) is 11.3 Å². The summed E-state index contributed by atoms with van der Waals surface area (Å²) >= 11 is 0. The average molecular weight is 254 g/mol. The van der Waals surface area contributed by atoms with Crippen molar-refractivity contribution in [2.75, 3.05) is 13.1 Å². The van der Waals surface area contributed by atoms with Gasteiger partial charge in [-0.15, -0.1) is 0 Å². The van der Waals surface area contributed by atoms with Crippen LogP contribution in [0.15, 0.2) is 0 Å². The minimum absolute atomic E-state index is 0.0170. The molecule has 6 nitrogen and oxygen atoms in total. The minimum atomic E-state index is -1.12. The summed E-state index contributed by atoms with van der Waals surface area (Å²) in [6.07, 6.45) is 3.48. The van der Waals surface area contributed by atoms with Crippen LogP contribution in [0, 0.1) is 11.3 Å². The molecule has 0 bridgehead atoms. The van der Waals surface area contributed by atoms with Gasteiger partial charge in [-0.3, -0.25) is 15.6 Å². The molecule has 18 heavy (non-hydrogen) atoms. The van der Waals surface area contributed by atoms with Gasteiger partial charge in [-0.2, -0.15) is 0 Å². The van der Waals surface area contributed by atoms with E-state index in [9.17, 15) is 9.90 Å². The van der Waals surface area contributed by atoms with Crippen molar-refractivity contribution in [2.24, 2.45) is 17.1 Å². The lowest BCUT2D eigenvalue weighted by Gasteiger charge is -2.27. The molecule has 1 aliphatic carbocycles. The van der Waals surface area contributed by atoms with Gasteiger partial charge in [0.15, 0.2) is 0 Å². The fraction of sp³-hybridized carbons (Fsp3) is 0.909. The Kier molecular flexibility index (Phi) is 3.96. The summed E-state index contributed by atoms with van der Waals surface area (Å²) in [4.78, 5) is 11.5. The van der Waals surface area contributed by atoms with E-state index in [1.807, 2.05) is 0 Å². The Morgan fingerprint density at radius 3 is 2.67 bits per heavy atom. The first-order valence-corrected chi connectivity index (χ1v) is 6.46. The standard InChI is InChI=1S/C11H21BN3O3/c13-11(9(16)17)5-10(6-14-15-7-10)4-8(11)2-1-3-12-18/h8,14-15,18H,1-7,13H2,(H,16,17). The Balaban J connectivity index is 2.07. The lowest BCUT2D eigenvalue weighted by Crippen LogP contribution is -2.51. The number of carbonyl (C=O) groups is 1. The molecule has 6 N–H and O–H groups in total. The van der Waals surface area contributed by atoms with Crippen molar-refractivity contribution in [2.45, 2.75) is 37.5 Å². The number of nitrogens with one attached hydrogen (secondary N) is 2. The summed E-state index contributed by atoms with van der Waals surface area (Å²) in [5, 5.41) is 18.1. The van der Waals surface area contributed by atoms with Gasteiger partial charge in [0.25, 0.3) is 7.48 Å². The zero-order chi connectivity index (χ0) is 13.2. The second kappa shape index (κ2) is 5.17. The average Bonchev–Trinajstić information content (AvgIpc) is 2.87. The summed E-state index contributed by atoms with van der Waals surface area (Å²) in [5.74, 6) is -0.916. The van der Waals surface area contributed by atoms with Crippen LogP contribution in [0.25, 0.3) is 0 Å². The molecule has 0 aromatic heterocycles. The molecule has 2 fully saturated rings. The predicted octanol–water partition coefficient (Wildman–Crippen LogP) is -0.917. The lowest BCUT2D eigenvalue weighted by atomic mass is 9.82. The number of aliphatic carboxylic acids is 1. The van der Waals surface area contributed by atoms with Crippen LogP contribution in [0.5, 0.6) is 0 Å². The first-order valence-electron chi connectivity index (χ1n) is 6.46. The number of nitrogens with two attached hydrogens (primary N) is 1. The van der Waals surface area contributed by atoms with Crippen LogP contribution in [0.4, 0.5) is 0 Å². The number of hydrazine groups is 1. The van der Waals surface area contributed by atoms with Crippen molar-refractivity contribution in [1.29, 1.82) is 0 Å². The lowest BCUT2D eigenvalue weighted by molar-refractivity contribution is -0.145. The molecule has 101 valence electrons. The third-order valence-electron chi connectivity index (χ3n) is 4.41. The molecule has 0 amide bonds. The minimum Gasteiger partial charge on any atom is -0.480 e. The highest BCUT2D eigenvalue weighted by Crippen LogP contribution is 2.49. The quantitative estimate of drug-likeness (QED) is 0.321. The van der Waals surface area contributed by atoms with Crippen molar-refractivity contribution in [1.82, 2.24) is 10.9 Å². The summed E-state index contributed by atoms with van der Waals surface area (Å²) in [7, 11) is 1.13. The van der Waals surface area contributed by atoms with Crippen LogP contribution in [0.2, 0.25) is 6.32 Å². The van der Waals surface area contributed by atoms with E-state index in [1.54, 1.807) is 0 Å². The Morgan fingerprint density at radius 2 is 2.11 bits per heavy atom. The second-order valence-corrected chi connectivity index (χ2v) is 5.74. The van der Waals surface area contributed by atoms with Gasteiger partial charge in [0.05, 0.1) is 0 Å². The molecular weight excluding hydrogens is 233 g/mol. The van der Waals surface area contributed by atoms with Gasteiger partial charge in [0, 0.05) is 18.5 Å². The number of carboxylic acid groups (broad SMARTS) is 1. The molecule has 2 aliphatic rings. The normalized spacial score (nSPS) is 34.0. The van der Waals surface area contributed by atoms with Gasteiger partial charge in [-0.1, -0.05) is 12.7 Å². The van der Waals surface area contributed by atoms with Crippen molar-refractivity contribution in [3.05, 3.63) is 0 Å². The van der Waals surface area contributed by atoms with E-state index in [0.717, 1.165) is 39.8 Å². The molecular formula is C11H21BN3O3. The molecule has 1 saturated heterocycles. The Hall–Kier alpha value is -0.625. The number of rotatable bonds is 5. The second-order valence-electron chi connectivity index (χ2n) is 5.74. The third kappa shape index (κ3) is 2.40. The largest absolute Gasteiger partial charge is 0.480 e. The maximum absolute atomic E-state index is 11.5. The van der Waals surface area contributed by atoms with E-state index in [0.29, 0.717) is 12.7 Å². The van der Waals surface area contributed by atoms with Crippen molar-refractivity contribution in [3.8, 4) is 0 Å². The zero-order valence-corrected chi connectivity index (χ0v) is 10.5. The Labute approximate surface area is 108 Å². The maximum Gasteiger partial charge on any atom is 0.323 e. The maximum atomic E-state index is 11.5. The van der Waals surface area contributed by atoms with Crippen LogP contribution in [-0.2, 0) is 4.79 Å². The van der Waals surface area contributed by atoms with Gasteiger partial charge < -0.3 is 15.9 Å². The SMILES string of the molecule is NC1(C(=O)O)CC2(CNNC2)CC1CCC[B]O. The molecule has 2 unspecified atom stereocenters. The fourth-order valence-corrected chi connectivity index (χ4v) is 3.44. The van der Waals surface area contributed by atoms with Gasteiger partial charge in [0.1, 0.15) is 5.54 Å². The molecule has 0 aromatic rings. The van der Waals surface area contributed by atoms with Crippen molar-refractivity contribution in [3.63, 3.8) is 0 Å². The smallest absolute Gasteiger partial charge is 0.323 e. The van der Waals surface area contributed by atoms with Gasteiger partial charge in [-0.25, -0.2) is 0 Å². The Morgan fingerprint density at radius 1 is 1.44 bits per heavy atom. The predicted molar refractivity (Wildman–Crippen MR) is 67.7 cm³/mol. The Bertz CT molecular complexity index is 323. The highest BCUT2D eigenvalue weighted by Gasteiger charge is 2.57. The van der Waals surface area contributed by atoms with E-state index < -0.39 is 11.5 Å². The van der Waals surface area contributed by atoms with Gasteiger partial charge in [0.2, 0.25) is 0 Å². The zero-order valence-electron chi connectivity index (χ0n) is 10.5.